The molecular formula is C29H48N4O. The minimum atomic E-state index is 0.486. The van der Waals surface area contributed by atoms with E-state index in [1.165, 1.54) is 90.8 Å². The van der Waals surface area contributed by atoms with E-state index in [9.17, 15) is 0 Å². The molecule has 3 aliphatic carbocycles. The molecule has 0 spiro atoms. The molecule has 4 unspecified atom stereocenters. The third-order valence-electron chi connectivity index (χ3n) is 10.1. The van der Waals surface area contributed by atoms with E-state index >= 15 is 0 Å². The Morgan fingerprint density at radius 2 is 1.79 bits per heavy atom. The summed E-state index contributed by atoms with van der Waals surface area (Å²) in [6.45, 7) is 11.9. The Balaban J connectivity index is 1.10. The van der Waals surface area contributed by atoms with Crippen LogP contribution in [0.3, 0.4) is 0 Å². The molecule has 1 heterocycles. The number of aryl methyl sites for hydroxylation is 1. The summed E-state index contributed by atoms with van der Waals surface area (Å²) in [5.41, 5.74) is 9.35. The second kappa shape index (κ2) is 10.9. The molecule has 4 aliphatic rings. The van der Waals surface area contributed by atoms with E-state index in [0.717, 1.165) is 36.5 Å². The quantitative estimate of drug-likeness (QED) is 0.539. The molecule has 5 heteroatoms. The molecule has 2 saturated carbocycles. The van der Waals surface area contributed by atoms with Crippen LogP contribution in [0.5, 0.6) is 5.75 Å². The molecule has 0 aromatic heterocycles. The molecule has 1 saturated heterocycles. The van der Waals surface area contributed by atoms with Crippen molar-refractivity contribution >= 4 is 0 Å². The van der Waals surface area contributed by atoms with E-state index in [2.05, 4.69) is 40.2 Å². The Kier molecular flexibility index (Phi) is 7.84. The number of ether oxygens (including phenoxy) is 1. The first-order chi connectivity index (χ1) is 16.6. The number of rotatable bonds is 9. The van der Waals surface area contributed by atoms with Crippen molar-refractivity contribution in [2.75, 3.05) is 59.5 Å². The van der Waals surface area contributed by atoms with Crippen LogP contribution in [0.15, 0.2) is 18.2 Å². The molecule has 3 fully saturated rings. The molecule has 5 nitrogen and oxygen atoms in total. The van der Waals surface area contributed by atoms with Crippen molar-refractivity contribution in [3.8, 4) is 5.75 Å². The fourth-order valence-electron chi connectivity index (χ4n) is 8.15. The number of nitrogens with two attached hydrogens (primary N) is 1. The number of fused-ring (bicyclic) bond motifs is 5. The summed E-state index contributed by atoms with van der Waals surface area (Å²) in [5, 5.41) is 4.06. The first kappa shape index (κ1) is 24.5. The topological polar surface area (TPSA) is 53.8 Å². The lowest BCUT2D eigenvalue weighted by atomic mass is 9.55. The summed E-state index contributed by atoms with van der Waals surface area (Å²) in [6.07, 6.45) is 10.6. The Morgan fingerprint density at radius 1 is 1.03 bits per heavy atom. The van der Waals surface area contributed by atoms with Gasteiger partial charge in [-0.25, -0.2) is 0 Å². The Labute approximate surface area is 207 Å². The van der Waals surface area contributed by atoms with Crippen LogP contribution in [-0.2, 0) is 6.42 Å². The predicted octanol–water partition coefficient (Wildman–Crippen LogP) is 3.87. The lowest BCUT2D eigenvalue weighted by molar-refractivity contribution is 0.0409. The molecule has 190 valence electrons. The van der Waals surface area contributed by atoms with Crippen LogP contribution >= 0.6 is 0 Å². The van der Waals surface area contributed by atoms with Gasteiger partial charge < -0.3 is 25.6 Å². The summed E-state index contributed by atoms with van der Waals surface area (Å²) in [5.74, 6) is 3.56. The number of hydrogen-bond acceptors (Lipinski definition) is 5. The third-order valence-corrected chi connectivity index (χ3v) is 10.1. The molecular weight excluding hydrogens is 420 g/mol. The lowest BCUT2D eigenvalue weighted by Crippen LogP contribution is -2.49. The molecule has 5 rings (SSSR count). The van der Waals surface area contributed by atoms with Crippen LogP contribution in [0.4, 0.5) is 0 Å². The number of nitrogens with zero attached hydrogens (tertiary/aromatic N) is 2. The van der Waals surface area contributed by atoms with Gasteiger partial charge in [0, 0.05) is 32.2 Å². The van der Waals surface area contributed by atoms with Gasteiger partial charge in [-0.05, 0) is 124 Å². The molecule has 1 aliphatic heterocycles. The highest BCUT2D eigenvalue weighted by Crippen LogP contribution is 2.60. The number of methoxy groups -OCH3 is 1. The summed E-state index contributed by atoms with van der Waals surface area (Å²) < 4.78 is 5.50. The Hall–Kier alpha value is -1.14. The summed E-state index contributed by atoms with van der Waals surface area (Å²) in [4.78, 5) is 5.25. The smallest absolute Gasteiger partial charge is 0.119 e. The van der Waals surface area contributed by atoms with E-state index in [0.29, 0.717) is 11.5 Å². The normalized spacial score (nSPS) is 33.9. The van der Waals surface area contributed by atoms with Crippen LogP contribution in [0, 0.1) is 17.3 Å². The van der Waals surface area contributed by atoms with Gasteiger partial charge in [-0.15, -0.1) is 0 Å². The van der Waals surface area contributed by atoms with Gasteiger partial charge in [-0.1, -0.05) is 13.0 Å². The summed E-state index contributed by atoms with van der Waals surface area (Å²) in [7, 11) is 1.79. The molecule has 34 heavy (non-hydrogen) atoms. The zero-order chi connectivity index (χ0) is 23.5. The molecule has 0 bridgehead atoms. The van der Waals surface area contributed by atoms with Gasteiger partial charge in [0.1, 0.15) is 5.75 Å². The lowest BCUT2D eigenvalue weighted by Gasteiger charge is -2.51. The monoisotopic (exact) mass is 468 g/mol. The molecule has 5 atom stereocenters. The molecule has 0 radical (unpaired) electrons. The number of piperazine rings is 1. The van der Waals surface area contributed by atoms with Crippen LogP contribution in [0.1, 0.15) is 68.9 Å². The zero-order valence-corrected chi connectivity index (χ0v) is 21.7. The molecule has 1 aromatic carbocycles. The average Bonchev–Trinajstić information content (AvgIpc) is 3.21. The highest BCUT2D eigenvalue weighted by Gasteiger charge is 2.54. The van der Waals surface area contributed by atoms with Gasteiger partial charge in [-0.3, -0.25) is 0 Å². The maximum atomic E-state index is 5.67. The van der Waals surface area contributed by atoms with Gasteiger partial charge in [-0.2, -0.15) is 0 Å². The highest BCUT2D eigenvalue weighted by molar-refractivity contribution is 5.40. The highest BCUT2D eigenvalue weighted by atomic mass is 16.5. The first-order valence-electron chi connectivity index (χ1n) is 14.2. The Morgan fingerprint density at radius 3 is 2.53 bits per heavy atom. The maximum Gasteiger partial charge on any atom is 0.119 e. The minimum absolute atomic E-state index is 0.486. The number of benzene rings is 1. The number of hydrogen-bond donors (Lipinski definition) is 2. The maximum absolute atomic E-state index is 5.67. The fourth-order valence-corrected chi connectivity index (χ4v) is 8.15. The number of nitrogens with one attached hydrogen (secondary N) is 1. The van der Waals surface area contributed by atoms with E-state index in [-0.39, 0.29) is 0 Å². The van der Waals surface area contributed by atoms with Crippen molar-refractivity contribution in [2.45, 2.75) is 70.3 Å². The van der Waals surface area contributed by atoms with E-state index in [1.54, 1.807) is 18.2 Å². The second-order valence-corrected chi connectivity index (χ2v) is 11.8. The predicted molar refractivity (Wildman–Crippen MR) is 141 cm³/mol. The molecule has 0 amide bonds. The summed E-state index contributed by atoms with van der Waals surface area (Å²) >= 11 is 0. The zero-order valence-electron chi connectivity index (χ0n) is 21.7. The van der Waals surface area contributed by atoms with Crippen LogP contribution in [0.2, 0.25) is 0 Å². The van der Waals surface area contributed by atoms with Gasteiger partial charge >= 0.3 is 0 Å². The van der Waals surface area contributed by atoms with Gasteiger partial charge in [0.25, 0.3) is 0 Å². The molecule has 3 N–H and O–H groups in total. The van der Waals surface area contributed by atoms with Crippen LogP contribution in [-0.4, -0.2) is 75.3 Å². The molecule has 1 aromatic rings. The van der Waals surface area contributed by atoms with Gasteiger partial charge in [0.15, 0.2) is 0 Å². The van der Waals surface area contributed by atoms with Gasteiger partial charge in [0.05, 0.1) is 7.11 Å². The van der Waals surface area contributed by atoms with Crippen molar-refractivity contribution < 1.29 is 4.74 Å². The minimum Gasteiger partial charge on any atom is -0.497 e. The van der Waals surface area contributed by atoms with Crippen molar-refractivity contribution in [1.82, 2.24) is 15.1 Å². The van der Waals surface area contributed by atoms with Crippen LogP contribution in [0.25, 0.3) is 0 Å². The summed E-state index contributed by atoms with van der Waals surface area (Å²) in [6, 6.07) is 7.59. The van der Waals surface area contributed by atoms with Crippen molar-refractivity contribution in [3.05, 3.63) is 29.3 Å². The third kappa shape index (κ3) is 4.91. The van der Waals surface area contributed by atoms with Crippen molar-refractivity contribution in [2.24, 2.45) is 23.0 Å². The largest absolute Gasteiger partial charge is 0.497 e. The first-order valence-corrected chi connectivity index (χ1v) is 14.2. The SMILES string of the molecule is COc1ccc2c(c1)CCC1C2CC[C@]2(C)C(NCCCN3CCN(CCCN)CC3)CCC12. The van der Waals surface area contributed by atoms with Crippen molar-refractivity contribution in [1.29, 1.82) is 0 Å². The standard InChI is InChI=1S/C29H48N4O/c1-29-12-11-25-24-8-6-23(34-2)21-22(24)5-7-26(25)27(29)9-10-28(29)31-14-4-16-33-19-17-32(18-20-33)15-3-13-30/h6,8,21,25-28,31H,3-5,7,9-20,30H2,1-2H3/t25?,26?,27?,28?,29-/m0/s1. The van der Waals surface area contributed by atoms with E-state index < -0.39 is 0 Å². The van der Waals surface area contributed by atoms with Crippen LogP contribution < -0.4 is 15.8 Å². The average molecular weight is 469 g/mol. The Bertz CT molecular complexity index is 807. The second-order valence-electron chi connectivity index (χ2n) is 11.8. The fraction of sp³-hybridized carbons (Fsp3) is 0.793. The van der Waals surface area contributed by atoms with Crippen molar-refractivity contribution in [3.63, 3.8) is 0 Å². The van der Waals surface area contributed by atoms with Gasteiger partial charge in [0.2, 0.25) is 0 Å². The van der Waals surface area contributed by atoms with E-state index in [1.807, 2.05) is 0 Å². The van der Waals surface area contributed by atoms with E-state index in [4.69, 9.17) is 10.5 Å².